The van der Waals surface area contributed by atoms with Gasteiger partial charge in [0.25, 0.3) is 0 Å². The lowest BCUT2D eigenvalue weighted by molar-refractivity contribution is -0.274. The zero-order chi connectivity index (χ0) is 85.3. The minimum absolute atomic E-state index is 0.0785. The van der Waals surface area contributed by atoms with E-state index in [0.717, 1.165) is 128 Å². The lowest BCUT2D eigenvalue weighted by Crippen LogP contribution is -2.55. The third-order valence-corrected chi connectivity index (χ3v) is 34.0. The van der Waals surface area contributed by atoms with Crippen LogP contribution in [0.3, 0.4) is 0 Å². The SMILES string of the molecule is C=CCN1CCC2(CC1)OCCN2S(=O)(=O)c1ccc(OC)cc1.CC(=O)c1ccc(S(=O)(=O)N2CCOC23CCN(C)CC3)cc1.CCN1CCC2(CC1)OCCN2S(=O)(=O)c1ccc(OC)cc1.COc1ccc(S(=O)(=O)N2CCOC23CCN(CC2CC2)CC3)cc1.O=S(=O)(c1ccc(OC(F)(F)F)cc1)N1CCOC12CCNCC2. The number of methoxy groups -OCH3 is 3. The Bertz CT molecular complexity index is 4820. The summed E-state index contributed by atoms with van der Waals surface area (Å²) < 4.78 is 223. The molecule has 0 radical (unpaired) electrons. The molecule has 0 unspecified atom stereocenters. The van der Waals surface area contributed by atoms with Crippen LogP contribution < -0.4 is 24.3 Å². The maximum absolute atomic E-state index is 13.2. The minimum atomic E-state index is -4.82. The molecule has 119 heavy (non-hydrogen) atoms. The van der Waals surface area contributed by atoms with Crippen molar-refractivity contribution in [3.05, 3.63) is 140 Å². The van der Waals surface area contributed by atoms with Crippen LogP contribution in [0, 0.1) is 5.92 Å². The van der Waals surface area contributed by atoms with E-state index in [-0.39, 0.29) is 27.0 Å². The molecule has 30 nitrogen and oxygen atoms in total. The third kappa shape index (κ3) is 20.9. The number of nitrogens with one attached hydrogen (secondary N) is 1. The maximum atomic E-state index is 13.2. The smallest absolute Gasteiger partial charge is 0.497 e. The predicted octanol–water partition coefficient (Wildman–Crippen LogP) is 8.16. The lowest BCUT2D eigenvalue weighted by atomic mass is 10.0. The van der Waals surface area contributed by atoms with Crippen molar-refractivity contribution >= 4 is 55.9 Å². The molecule has 658 valence electrons. The number of halogens is 3. The van der Waals surface area contributed by atoms with Crippen LogP contribution >= 0.6 is 0 Å². The van der Waals surface area contributed by atoms with E-state index < -0.39 is 90.9 Å². The zero-order valence-corrected chi connectivity index (χ0v) is 72.6. The standard InChI is InChI=1S/C18H26N2O4S.C17H24N2O4S.C16H22N2O4S.C16H24N2O4S.C14H17F3N2O4S/c1-23-16-4-6-17(7-5-16)25(21,22)20-12-13-24-18(20)8-10-19(11-9-18)14-15-2-3-15;1-3-10-18-11-8-17(9-12-18)19(13-14-23-17)24(20,21)16-6-4-15(22-2)5-7-16;1-13(19)14-3-5-15(6-4-14)23(20,21)18-11-12-22-16(18)7-9-17(2)10-8-16;1-3-17-10-8-16(9-11-17)18(12-13-22-16)23(19,20)15-6-4-14(21-2)5-7-15;15-14(16,17)23-11-1-3-12(4-2-11)24(20,21)19-9-10-22-13(19)5-7-18-8-6-13/h4-7,15H,2-3,8-14H2,1H3;3-7H,1,8-14H2,2H3;3-6H,7-12H2,1-2H3;4-7H,3,8-13H2,1-2H3;1-4,18H,5-10H2. The van der Waals surface area contributed by atoms with Crippen LogP contribution in [0.1, 0.15) is 101 Å². The number of likely N-dealkylation sites (tertiary alicyclic amines) is 4. The van der Waals surface area contributed by atoms with Crippen molar-refractivity contribution in [2.75, 3.05) is 179 Å². The van der Waals surface area contributed by atoms with Crippen molar-refractivity contribution in [3.63, 3.8) is 0 Å². The molecular weight excluding hydrogens is 1650 g/mol. The number of nitrogens with zero attached hydrogens (tertiary/aromatic N) is 9. The number of piperidine rings is 5. The Morgan fingerprint density at radius 3 is 0.983 bits per heavy atom. The van der Waals surface area contributed by atoms with Crippen LogP contribution in [0.15, 0.2) is 158 Å². The van der Waals surface area contributed by atoms with E-state index in [1.807, 2.05) is 13.1 Å². The van der Waals surface area contributed by atoms with Crippen LogP contribution in [0.25, 0.3) is 0 Å². The van der Waals surface area contributed by atoms with Crippen molar-refractivity contribution in [3.8, 4) is 23.0 Å². The van der Waals surface area contributed by atoms with Crippen molar-refractivity contribution in [2.45, 2.75) is 150 Å². The Labute approximate surface area is 698 Å². The summed E-state index contributed by atoms with van der Waals surface area (Å²) in [6.07, 6.45) is 6.43. The number of rotatable bonds is 20. The normalized spacial score (nSPS) is 22.7. The van der Waals surface area contributed by atoms with Gasteiger partial charge in [0.1, 0.15) is 51.6 Å². The summed E-state index contributed by atoms with van der Waals surface area (Å²) in [4.78, 5) is 21.6. The molecule has 10 saturated heterocycles. The second-order valence-corrected chi connectivity index (χ2v) is 40.6. The van der Waals surface area contributed by atoms with Gasteiger partial charge in [0.15, 0.2) is 5.78 Å². The lowest BCUT2D eigenvalue weighted by Gasteiger charge is -2.43. The number of hydrogen-bond donors (Lipinski definition) is 1. The topological polar surface area (TPSA) is 312 Å². The fraction of sp³-hybridized carbons (Fsp3) is 0.593. The molecule has 1 saturated carbocycles. The number of hydrogen-bond acceptors (Lipinski definition) is 25. The van der Waals surface area contributed by atoms with E-state index >= 15 is 0 Å². The Kier molecular flexibility index (Phi) is 29.6. The highest BCUT2D eigenvalue weighted by Gasteiger charge is 2.56. The molecule has 0 bridgehead atoms. The zero-order valence-electron chi connectivity index (χ0n) is 68.5. The van der Waals surface area contributed by atoms with Gasteiger partial charge in [0, 0.05) is 168 Å². The minimum Gasteiger partial charge on any atom is -0.497 e. The molecule has 5 aromatic carbocycles. The number of benzene rings is 5. The van der Waals surface area contributed by atoms with Gasteiger partial charge >= 0.3 is 6.36 Å². The van der Waals surface area contributed by atoms with Crippen molar-refractivity contribution < 1.29 is 103 Å². The molecule has 38 heteroatoms. The number of ether oxygens (including phenoxy) is 9. The second kappa shape index (κ2) is 38.4. The highest BCUT2D eigenvalue weighted by molar-refractivity contribution is 7.90. The highest BCUT2D eigenvalue weighted by Crippen LogP contribution is 2.45. The molecule has 0 atom stereocenters. The van der Waals surface area contributed by atoms with E-state index in [9.17, 15) is 60.1 Å². The molecule has 11 aliphatic rings. The second-order valence-electron chi connectivity index (χ2n) is 31.3. The summed E-state index contributed by atoms with van der Waals surface area (Å²) in [6, 6.07) is 30.0. The van der Waals surface area contributed by atoms with E-state index in [1.165, 1.54) is 40.5 Å². The summed E-state index contributed by atoms with van der Waals surface area (Å²) >= 11 is 0. The quantitative estimate of drug-likeness (QED) is 0.0567. The molecule has 0 aromatic heterocycles. The van der Waals surface area contributed by atoms with E-state index in [4.69, 9.17) is 37.9 Å². The van der Waals surface area contributed by atoms with Crippen molar-refractivity contribution in [1.29, 1.82) is 0 Å². The first-order chi connectivity index (χ1) is 56.6. The summed E-state index contributed by atoms with van der Waals surface area (Å²) in [6.45, 7) is 22.3. The average molecular weight is 1760 g/mol. The van der Waals surface area contributed by atoms with Gasteiger partial charge in [-0.15, -0.1) is 19.8 Å². The average Bonchev–Trinajstić information content (AvgIpc) is 1.68. The monoisotopic (exact) mass is 1760 g/mol. The number of ketones is 1. The first-order valence-corrected chi connectivity index (χ1v) is 47.8. The Hall–Kier alpha value is -6.35. The first-order valence-electron chi connectivity index (χ1n) is 40.6. The number of carbonyl (C=O) groups is 1. The van der Waals surface area contributed by atoms with E-state index in [2.05, 4.69) is 43.2 Å². The van der Waals surface area contributed by atoms with Gasteiger partial charge in [0.2, 0.25) is 50.1 Å². The first kappa shape index (κ1) is 91.8. The third-order valence-electron chi connectivity index (χ3n) is 24.1. The van der Waals surface area contributed by atoms with Crippen LogP contribution in [0.5, 0.6) is 23.0 Å². The van der Waals surface area contributed by atoms with Gasteiger partial charge in [-0.25, -0.2) is 42.1 Å². The molecule has 10 heterocycles. The Morgan fingerprint density at radius 1 is 0.429 bits per heavy atom. The molecule has 16 rings (SSSR count). The molecule has 5 aromatic rings. The number of Topliss-reactive ketones (excluding diaryl/α,β-unsaturated/α-hetero) is 1. The number of sulfonamides is 5. The fourth-order valence-electron chi connectivity index (χ4n) is 17.2. The molecule has 0 amide bonds. The molecule has 11 fully saturated rings. The van der Waals surface area contributed by atoms with Crippen LogP contribution in [-0.2, 0) is 73.8 Å². The summed E-state index contributed by atoms with van der Waals surface area (Å²) in [5, 5.41) is 3.15. The summed E-state index contributed by atoms with van der Waals surface area (Å²) in [7, 11) is -11.5. The summed E-state index contributed by atoms with van der Waals surface area (Å²) in [5.41, 5.74) is -3.13. The summed E-state index contributed by atoms with van der Waals surface area (Å²) in [5.74, 6) is 2.25. The fourth-order valence-corrected chi connectivity index (χ4v) is 25.8. The van der Waals surface area contributed by atoms with E-state index in [0.29, 0.717) is 143 Å². The van der Waals surface area contributed by atoms with Crippen LogP contribution in [0.4, 0.5) is 13.2 Å². The molecule has 1 aliphatic carbocycles. The van der Waals surface area contributed by atoms with Gasteiger partial charge in [0.05, 0.1) is 78.8 Å². The predicted molar refractivity (Wildman–Crippen MR) is 436 cm³/mol. The molecule has 5 spiro atoms. The van der Waals surface area contributed by atoms with E-state index in [1.54, 1.807) is 119 Å². The van der Waals surface area contributed by atoms with Crippen molar-refractivity contribution in [1.82, 2.24) is 46.4 Å². The van der Waals surface area contributed by atoms with Gasteiger partial charge in [-0.1, -0.05) is 25.1 Å². The maximum Gasteiger partial charge on any atom is 0.573 e. The molecule has 1 N–H and O–H groups in total. The Balaban J connectivity index is 0.000000137. The van der Waals surface area contributed by atoms with Gasteiger partial charge < -0.3 is 62.6 Å². The van der Waals surface area contributed by atoms with Gasteiger partial charge in [-0.2, -0.15) is 21.5 Å². The number of alkyl halides is 3. The largest absolute Gasteiger partial charge is 0.573 e. The van der Waals surface area contributed by atoms with Crippen molar-refractivity contribution in [2.24, 2.45) is 5.92 Å². The van der Waals surface area contributed by atoms with Crippen LogP contribution in [-0.4, -0.2) is 303 Å². The number of carbonyl (C=O) groups excluding carboxylic acids is 1. The molecular formula is C81H113F3N10O20S5. The molecule has 10 aliphatic heterocycles. The highest BCUT2D eigenvalue weighted by atomic mass is 32.2. The van der Waals surface area contributed by atoms with Gasteiger partial charge in [-0.05, 0) is 162 Å². The Morgan fingerprint density at radius 2 is 0.706 bits per heavy atom. The van der Waals surface area contributed by atoms with Gasteiger partial charge in [-0.3, -0.25) is 9.69 Å². The van der Waals surface area contributed by atoms with Crippen LogP contribution in [0.2, 0.25) is 0 Å².